The molecule has 0 aromatic rings. The lowest BCUT2D eigenvalue weighted by atomic mass is 10.1. The number of aliphatic carboxylic acids is 1. The van der Waals surface area contributed by atoms with E-state index in [0.717, 1.165) is 9.80 Å². The van der Waals surface area contributed by atoms with E-state index in [1.54, 1.807) is 0 Å². The molecule has 0 spiro atoms. The molecule has 9 nitrogen and oxygen atoms in total. The number of imide groups is 1. The Labute approximate surface area is 119 Å². The normalized spacial score (nSPS) is 22.5. The van der Waals surface area contributed by atoms with Gasteiger partial charge in [0.25, 0.3) is 0 Å². The zero-order valence-electron chi connectivity index (χ0n) is 11.2. The Morgan fingerprint density at radius 3 is 2.38 bits per heavy atom. The Hall–Kier alpha value is -2.45. The first-order chi connectivity index (χ1) is 9.90. The summed E-state index contributed by atoms with van der Waals surface area (Å²) in [6.07, 6.45) is 0.0856. The molecular weight excluding hydrogens is 282 g/mol. The van der Waals surface area contributed by atoms with Crippen LogP contribution in [-0.2, 0) is 24.0 Å². The number of carboxylic acids is 1. The molecule has 2 rings (SSSR count). The number of carbonyl (C=O) groups excluding carboxylic acids is 4. The fraction of sp³-hybridized carbons (Fsp3) is 0.583. The van der Waals surface area contributed by atoms with Crippen LogP contribution in [-0.4, -0.2) is 70.2 Å². The van der Waals surface area contributed by atoms with Gasteiger partial charge in [0.05, 0.1) is 0 Å². The topological polar surface area (TPSA) is 124 Å². The van der Waals surface area contributed by atoms with Gasteiger partial charge in [0.1, 0.15) is 12.6 Å². The van der Waals surface area contributed by atoms with E-state index < -0.39 is 23.8 Å². The summed E-state index contributed by atoms with van der Waals surface area (Å²) in [4.78, 5) is 59.2. The van der Waals surface area contributed by atoms with Crippen molar-refractivity contribution in [3.8, 4) is 0 Å². The third kappa shape index (κ3) is 3.18. The summed E-state index contributed by atoms with van der Waals surface area (Å²) < 4.78 is 0. The van der Waals surface area contributed by atoms with Crippen LogP contribution in [0.4, 0.5) is 0 Å². The Balaban J connectivity index is 1.97. The minimum Gasteiger partial charge on any atom is -0.480 e. The number of nitrogens with one attached hydrogen (secondary N) is 1. The lowest BCUT2D eigenvalue weighted by Gasteiger charge is -2.33. The maximum Gasteiger partial charge on any atom is 0.328 e. The van der Waals surface area contributed by atoms with Crippen molar-refractivity contribution in [2.75, 3.05) is 19.6 Å². The van der Waals surface area contributed by atoms with Crippen LogP contribution < -0.4 is 5.32 Å². The summed E-state index contributed by atoms with van der Waals surface area (Å²) in [6.45, 7) is -0.569. The first-order valence-corrected chi connectivity index (χ1v) is 6.52. The van der Waals surface area contributed by atoms with Crippen LogP contribution >= 0.6 is 0 Å². The second kappa shape index (κ2) is 5.90. The molecular formula is C12H15N3O6. The minimum absolute atomic E-state index is 0.0824. The van der Waals surface area contributed by atoms with Gasteiger partial charge in [-0.2, -0.15) is 0 Å². The quantitative estimate of drug-likeness (QED) is 0.575. The molecule has 2 fully saturated rings. The minimum atomic E-state index is -1.21. The van der Waals surface area contributed by atoms with Crippen molar-refractivity contribution in [3.05, 3.63) is 0 Å². The highest BCUT2D eigenvalue weighted by Gasteiger charge is 2.36. The van der Waals surface area contributed by atoms with Gasteiger partial charge in [-0.1, -0.05) is 0 Å². The standard InChI is InChI=1S/C12H15N3O6/c16-8-6-15(7(5-13-8)12(20)21)11(19)3-4-14-9(17)1-2-10(14)18/h7H,1-6H2,(H,13,16)(H,20,21). The van der Waals surface area contributed by atoms with E-state index in [4.69, 9.17) is 5.11 Å². The van der Waals surface area contributed by atoms with Crippen molar-refractivity contribution in [1.82, 2.24) is 15.1 Å². The van der Waals surface area contributed by atoms with Crippen molar-refractivity contribution in [1.29, 1.82) is 0 Å². The zero-order valence-corrected chi connectivity index (χ0v) is 11.2. The molecule has 0 radical (unpaired) electrons. The number of likely N-dealkylation sites (tertiary alicyclic amines) is 1. The van der Waals surface area contributed by atoms with Crippen molar-refractivity contribution in [2.45, 2.75) is 25.3 Å². The maximum atomic E-state index is 12.1. The third-order valence-electron chi connectivity index (χ3n) is 3.49. The average molecular weight is 297 g/mol. The highest BCUT2D eigenvalue weighted by molar-refractivity contribution is 6.02. The Morgan fingerprint density at radius 2 is 1.81 bits per heavy atom. The molecule has 1 atom stereocenters. The number of hydrogen-bond donors (Lipinski definition) is 2. The largest absolute Gasteiger partial charge is 0.480 e. The van der Waals surface area contributed by atoms with E-state index >= 15 is 0 Å². The molecule has 1 unspecified atom stereocenters. The van der Waals surface area contributed by atoms with E-state index in [9.17, 15) is 24.0 Å². The van der Waals surface area contributed by atoms with Gasteiger partial charge >= 0.3 is 5.97 Å². The second-order valence-corrected chi connectivity index (χ2v) is 4.87. The molecule has 2 heterocycles. The van der Waals surface area contributed by atoms with Gasteiger partial charge in [-0.3, -0.25) is 24.1 Å². The van der Waals surface area contributed by atoms with Crippen molar-refractivity contribution in [3.63, 3.8) is 0 Å². The summed E-state index contributed by atoms with van der Waals surface area (Å²) in [7, 11) is 0. The van der Waals surface area contributed by atoms with Gasteiger partial charge in [0.2, 0.25) is 23.6 Å². The van der Waals surface area contributed by atoms with E-state index in [0.29, 0.717) is 0 Å². The van der Waals surface area contributed by atoms with Crippen molar-refractivity contribution in [2.24, 2.45) is 0 Å². The molecule has 0 bridgehead atoms. The van der Waals surface area contributed by atoms with Crippen LogP contribution in [0.15, 0.2) is 0 Å². The van der Waals surface area contributed by atoms with Crippen molar-refractivity contribution < 1.29 is 29.1 Å². The monoisotopic (exact) mass is 297 g/mol. The van der Waals surface area contributed by atoms with Gasteiger partial charge < -0.3 is 15.3 Å². The van der Waals surface area contributed by atoms with E-state index in [2.05, 4.69) is 5.32 Å². The predicted molar refractivity (Wildman–Crippen MR) is 66.7 cm³/mol. The van der Waals surface area contributed by atoms with Crippen LogP contribution in [0.3, 0.4) is 0 Å². The zero-order chi connectivity index (χ0) is 15.6. The molecule has 9 heteroatoms. The molecule has 0 aromatic carbocycles. The maximum absolute atomic E-state index is 12.1. The fourth-order valence-corrected chi connectivity index (χ4v) is 2.35. The van der Waals surface area contributed by atoms with Crippen LogP contribution in [0.1, 0.15) is 19.3 Å². The summed E-state index contributed by atoms with van der Waals surface area (Å²) in [5.74, 6) is -2.88. The second-order valence-electron chi connectivity index (χ2n) is 4.87. The summed E-state index contributed by atoms with van der Waals surface area (Å²) in [6, 6.07) is -1.12. The van der Waals surface area contributed by atoms with Crippen LogP contribution in [0.2, 0.25) is 0 Å². The van der Waals surface area contributed by atoms with Gasteiger partial charge in [0.15, 0.2) is 0 Å². The molecule has 2 saturated heterocycles. The van der Waals surface area contributed by atoms with E-state index in [1.165, 1.54) is 0 Å². The van der Waals surface area contributed by atoms with Gasteiger partial charge in [-0.15, -0.1) is 0 Å². The van der Waals surface area contributed by atoms with Crippen LogP contribution in [0.5, 0.6) is 0 Å². The molecule has 4 amide bonds. The Bertz CT molecular complexity index is 501. The lowest BCUT2D eigenvalue weighted by molar-refractivity contribution is -0.154. The van der Waals surface area contributed by atoms with E-state index in [1.807, 2.05) is 0 Å². The molecule has 114 valence electrons. The van der Waals surface area contributed by atoms with E-state index in [-0.39, 0.29) is 50.7 Å². The average Bonchev–Trinajstić information content (AvgIpc) is 2.75. The summed E-state index contributed by atoms with van der Waals surface area (Å²) in [5.41, 5.74) is 0. The highest BCUT2D eigenvalue weighted by atomic mass is 16.4. The lowest BCUT2D eigenvalue weighted by Crippen LogP contribution is -2.59. The first-order valence-electron chi connectivity index (χ1n) is 6.52. The molecule has 0 aromatic heterocycles. The van der Waals surface area contributed by atoms with Gasteiger partial charge in [0, 0.05) is 32.4 Å². The fourth-order valence-electron chi connectivity index (χ4n) is 2.35. The SMILES string of the molecule is O=C1CN(C(=O)CCN2C(=O)CCC2=O)C(C(=O)O)CN1. The number of nitrogens with zero attached hydrogens (tertiary/aromatic N) is 2. The molecule has 2 aliphatic heterocycles. The number of amides is 4. The molecule has 2 aliphatic rings. The number of rotatable bonds is 4. The number of piperazine rings is 1. The molecule has 0 saturated carbocycles. The van der Waals surface area contributed by atoms with Crippen LogP contribution in [0, 0.1) is 0 Å². The van der Waals surface area contributed by atoms with Crippen molar-refractivity contribution >= 4 is 29.6 Å². The Kier molecular flexibility index (Phi) is 4.20. The highest BCUT2D eigenvalue weighted by Crippen LogP contribution is 2.13. The third-order valence-corrected chi connectivity index (χ3v) is 3.49. The molecule has 2 N–H and O–H groups in total. The first kappa shape index (κ1) is 14.9. The molecule has 21 heavy (non-hydrogen) atoms. The number of carbonyl (C=O) groups is 5. The van der Waals surface area contributed by atoms with Crippen LogP contribution in [0.25, 0.3) is 0 Å². The number of hydrogen-bond acceptors (Lipinski definition) is 5. The Morgan fingerprint density at radius 1 is 1.19 bits per heavy atom. The number of carboxylic acid groups (broad SMARTS) is 1. The van der Waals surface area contributed by atoms with Gasteiger partial charge in [-0.25, -0.2) is 4.79 Å². The predicted octanol–water partition coefficient (Wildman–Crippen LogP) is -2.06. The summed E-state index contributed by atoms with van der Waals surface area (Å²) in [5, 5.41) is 11.4. The molecule has 0 aliphatic carbocycles. The summed E-state index contributed by atoms with van der Waals surface area (Å²) >= 11 is 0. The van der Waals surface area contributed by atoms with Gasteiger partial charge in [-0.05, 0) is 0 Å². The smallest absolute Gasteiger partial charge is 0.328 e.